The average Bonchev–Trinajstić information content (AvgIpc) is 2.90. The van der Waals surface area contributed by atoms with Crippen molar-refractivity contribution in [2.75, 3.05) is 6.54 Å². The van der Waals surface area contributed by atoms with Crippen molar-refractivity contribution in [2.45, 2.75) is 45.6 Å². The van der Waals surface area contributed by atoms with Crippen molar-refractivity contribution in [2.24, 2.45) is 5.73 Å². The highest BCUT2D eigenvalue weighted by Crippen LogP contribution is 2.22. The van der Waals surface area contributed by atoms with Crippen LogP contribution in [0.5, 0.6) is 0 Å². The summed E-state index contributed by atoms with van der Waals surface area (Å²) in [6.45, 7) is 4.81. The van der Waals surface area contributed by atoms with Gasteiger partial charge in [0.1, 0.15) is 0 Å². The van der Waals surface area contributed by atoms with Gasteiger partial charge in [-0.15, -0.1) is 12.4 Å². The Morgan fingerprint density at radius 2 is 2.09 bits per heavy atom. The lowest BCUT2D eigenvalue weighted by Gasteiger charge is -2.10. The summed E-state index contributed by atoms with van der Waals surface area (Å²) < 4.78 is 0. The Morgan fingerprint density at radius 3 is 2.77 bits per heavy atom. The van der Waals surface area contributed by atoms with Crippen LogP contribution in [0.4, 0.5) is 0 Å². The van der Waals surface area contributed by atoms with Crippen LogP contribution in [0.15, 0.2) is 24.4 Å². The van der Waals surface area contributed by atoms with E-state index in [0.717, 1.165) is 25.7 Å². The number of para-hydroxylation sites is 1. The molecule has 5 heteroatoms. The SMILES string of the molecule is CCCC(N)C(=O)NCCc1c[nH]c2c(CC)cccc12.Cl. The molecule has 2 rings (SSSR count). The molecule has 22 heavy (non-hydrogen) atoms. The molecular weight excluding hydrogens is 298 g/mol. The van der Waals surface area contributed by atoms with Crippen LogP contribution in [0, 0.1) is 0 Å². The lowest BCUT2D eigenvalue weighted by molar-refractivity contribution is -0.122. The molecule has 0 radical (unpaired) electrons. The third-order valence-electron chi connectivity index (χ3n) is 3.90. The van der Waals surface area contributed by atoms with Crippen LogP contribution in [-0.2, 0) is 17.6 Å². The van der Waals surface area contributed by atoms with E-state index in [0.29, 0.717) is 6.54 Å². The lowest BCUT2D eigenvalue weighted by atomic mass is 10.1. The number of rotatable bonds is 7. The van der Waals surface area contributed by atoms with Gasteiger partial charge in [0.2, 0.25) is 5.91 Å². The smallest absolute Gasteiger partial charge is 0.236 e. The standard InChI is InChI=1S/C17H25N3O.ClH/c1-3-6-15(18)17(21)19-10-9-13-11-20-16-12(4-2)7-5-8-14(13)16;/h5,7-8,11,15,20H,3-4,6,9-10,18H2,1-2H3,(H,19,21);1H. The Kier molecular flexibility index (Phi) is 7.42. The van der Waals surface area contributed by atoms with Crippen LogP contribution in [0.25, 0.3) is 10.9 Å². The van der Waals surface area contributed by atoms with Gasteiger partial charge in [-0.2, -0.15) is 0 Å². The summed E-state index contributed by atoms with van der Waals surface area (Å²) in [7, 11) is 0. The highest BCUT2D eigenvalue weighted by molar-refractivity contribution is 5.86. The molecule has 0 spiro atoms. The normalized spacial score (nSPS) is 12.0. The van der Waals surface area contributed by atoms with Gasteiger partial charge in [-0.25, -0.2) is 0 Å². The number of carbonyl (C=O) groups excluding carboxylic acids is 1. The maximum absolute atomic E-state index is 11.8. The molecule has 122 valence electrons. The molecule has 0 aliphatic rings. The molecule has 4 nitrogen and oxygen atoms in total. The molecule has 1 amide bonds. The largest absolute Gasteiger partial charge is 0.361 e. The van der Waals surface area contributed by atoms with E-state index in [4.69, 9.17) is 5.73 Å². The zero-order chi connectivity index (χ0) is 15.2. The van der Waals surface area contributed by atoms with Crippen molar-refractivity contribution in [1.29, 1.82) is 0 Å². The van der Waals surface area contributed by atoms with E-state index in [2.05, 4.69) is 35.4 Å². The molecule has 1 unspecified atom stereocenters. The summed E-state index contributed by atoms with van der Waals surface area (Å²) in [5, 5.41) is 4.17. The number of carbonyl (C=O) groups is 1. The number of nitrogens with one attached hydrogen (secondary N) is 2. The summed E-state index contributed by atoms with van der Waals surface area (Å²) in [5.74, 6) is -0.0501. The first-order valence-corrected chi connectivity index (χ1v) is 7.78. The zero-order valence-electron chi connectivity index (χ0n) is 13.3. The maximum Gasteiger partial charge on any atom is 0.236 e. The van der Waals surface area contributed by atoms with Crippen LogP contribution in [0.1, 0.15) is 37.8 Å². The van der Waals surface area contributed by atoms with Crippen LogP contribution in [-0.4, -0.2) is 23.5 Å². The minimum atomic E-state index is -0.385. The molecule has 4 N–H and O–H groups in total. The summed E-state index contributed by atoms with van der Waals surface area (Å²) in [5.41, 5.74) is 9.58. The number of aromatic amines is 1. The molecule has 1 aromatic heterocycles. The van der Waals surface area contributed by atoms with Crippen molar-refractivity contribution in [3.8, 4) is 0 Å². The van der Waals surface area contributed by atoms with E-state index < -0.39 is 0 Å². The highest BCUT2D eigenvalue weighted by Gasteiger charge is 2.12. The molecule has 0 aliphatic carbocycles. The van der Waals surface area contributed by atoms with Crippen LogP contribution < -0.4 is 11.1 Å². The van der Waals surface area contributed by atoms with Gasteiger partial charge in [0.05, 0.1) is 6.04 Å². The van der Waals surface area contributed by atoms with Gasteiger partial charge < -0.3 is 16.0 Å². The minimum Gasteiger partial charge on any atom is -0.361 e. The topological polar surface area (TPSA) is 70.9 Å². The Labute approximate surface area is 138 Å². The van der Waals surface area contributed by atoms with Gasteiger partial charge in [-0.1, -0.05) is 38.5 Å². The molecule has 0 bridgehead atoms. The first kappa shape index (κ1) is 18.5. The van der Waals surface area contributed by atoms with Gasteiger partial charge in [0.15, 0.2) is 0 Å². The van der Waals surface area contributed by atoms with Crippen molar-refractivity contribution in [3.63, 3.8) is 0 Å². The van der Waals surface area contributed by atoms with Gasteiger partial charge in [-0.3, -0.25) is 4.79 Å². The van der Waals surface area contributed by atoms with Crippen LogP contribution in [0.2, 0.25) is 0 Å². The monoisotopic (exact) mass is 323 g/mol. The number of hydrogen-bond acceptors (Lipinski definition) is 2. The van der Waals surface area contributed by atoms with Gasteiger partial charge in [-0.05, 0) is 30.4 Å². The fraction of sp³-hybridized carbons (Fsp3) is 0.471. The number of amides is 1. The van der Waals surface area contributed by atoms with E-state index in [1.807, 2.05) is 13.1 Å². The molecule has 0 fully saturated rings. The van der Waals surface area contributed by atoms with Crippen molar-refractivity contribution < 1.29 is 4.79 Å². The first-order chi connectivity index (χ1) is 10.2. The number of hydrogen-bond donors (Lipinski definition) is 3. The maximum atomic E-state index is 11.8. The summed E-state index contributed by atoms with van der Waals surface area (Å²) in [6, 6.07) is 5.98. The summed E-state index contributed by atoms with van der Waals surface area (Å²) in [6.07, 6.45) is 5.54. The molecule has 0 saturated carbocycles. The third kappa shape index (κ3) is 4.24. The lowest BCUT2D eigenvalue weighted by Crippen LogP contribution is -2.41. The molecule has 1 aromatic carbocycles. The Hall–Kier alpha value is -1.52. The van der Waals surface area contributed by atoms with E-state index in [9.17, 15) is 4.79 Å². The fourth-order valence-corrected chi connectivity index (χ4v) is 2.67. The number of aromatic nitrogens is 1. The summed E-state index contributed by atoms with van der Waals surface area (Å²) >= 11 is 0. The predicted octanol–water partition coefficient (Wildman–Crippen LogP) is 2.94. The molecule has 1 atom stereocenters. The van der Waals surface area contributed by atoms with Crippen LogP contribution >= 0.6 is 12.4 Å². The number of H-pyrrole nitrogens is 1. The average molecular weight is 324 g/mol. The Bertz CT molecular complexity index is 609. The number of aryl methyl sites for hydroxylation is 1. The van der Waals surface area contributed by atoms with Gasteiger partial charge in [0, 0.05) is 23.6 Å². The highest BCUT2D eigenvalue weighted by atomic mass is 35.5. The second-order valence-corrected chi connectivity index (χ2v) is 5.44. The van der Waals surface area contributed by atoms with Crippen molar-refractivity contribution >= 4 is 29.2 Å². The molecule has 0 aliphatic heterocycles. The molecule has 0 saturated heterocycles. The third-order valence-corrected chi connectivity index (χ3v) is 3.90. The Balaban J connectivity index is 0.00000242. The predicted molar refractivity (Wildman–Crippen MR) is 94.5 cm³/mol. The quantitative estimate of drug-likeness (QED) is 0.733. The second kappa shape index (κ2) is 8.81. The van der Waals surface area contributed by atoms with E-state index in [-0.39, 0.29) is 24.4 Å². The zero-order valence-corrected chi connectivity index (χ0v) is 14.1. The van der Waals surface area contributed by atoms with Crippen molar-refractivity contribution in [3.05, 3.63) is 35.5 Å². The first-order valence-electron chi connectivity index (χ1n) is 7.78. The fourth-order valence-electron chi connectivity index (χ4n) is 2.67. The number of benzene rings is 1. The second-order valence-electron chi connectivity index (χ2n) is 5.44. The number of halogens is 1. The summed E-state index contributed by atoms with van der Waals surface area (Å²) in [4.78, 5) is 15.1. The number of nitrogens with two attached hydrogens (primary N) is 1. The van der Waals surface area contributed by atoms with Crippen molar-refractivity contribution in [1.82, 2.24) is 10.3 Å². The molecular formula is C17H26ClN3O. The van der Waals surface area contributed by atoms with E-state index in [1.54, 1.807) is 0 Å². The molecule has 2 aromatic rings. The minimum absolute atomic E-state index is 0. The van der Waals surface area contributed by atoms with E-state index >= 15 is 0 Å². The number of fused-ring (bicyclic) bond motifs is 1. The molecule has 1 heterocycles. The Morgan fingerprint density at radius 1 is 1.32 bits per heavy atom. The van der Waals surface area contributed by atoms with Crippen LogP contribution in [0.3, 0.4) is 0 Å². The van der Waals surface area contributed by atoms with Gasteiger partial charge >= 0.3 is 0 Å². The van der Waals surface area contributed by atoms with Gasteiger partial charge in [0.25, 0.3) is 0 Å². The van der Waals surface area contributed by atoms with E-state index in [1.165, 1.54) is 22.0 Å².